The topological polar surface area (TPSA) is 77.1 Å². The first-order valence-corrected chi connectivity index (χ1v) is 55.6. The Morgan fingerprint density at radius 2 is 0.711 bits per heavy atom. The Morgan fingerprint density at radius 3 is 1.16 bits per heavy atom. The van der Waals surface area contributed by atoms with Gasteiger partial charge in [0.25, 0.3) is 0 Å². The smallest absolute Gasteiger partial charge is 0.0693 e. The van der Waals surface area contributed by atoms with Crippen molar-refractivity contribution >= 4 is 48.7 Å². The second-order valence-corrected chi connectivity index (χ2v) is 51.0. The van der Waals surface area contributed by atoms with Gasteiger partial charge in [-0.1, -0.05) is 247 Å². The molecule has 8 aromatic carbocycles. The van der Waals surface area contributed by atoms with Crippen LogP contribution < -0.4 is 0 Å². The minimum absolute atomic E-state index is 0.338. The van der Waals surface area contributed by atoms with Crippen LogP contribution in [0.2, 0.25) is 0 Å². The minimum Gasteiger partial charge on any atom is -0.379 e. The van der Waals surface area contributed by atoms with Gasteiger partial charge >= 0.3 is 0 Å². The van der Waals surface area contributed by atoms with Gasteiger partial charge in [-0.15, -0.1) is 10.2 Å². The highest BCUT2D eigenvalue weighted by Gasteiger charge is 2.66. The monoisotopic (exact) mass is 1800 g/mol. The Kier molecular flexibility index (Phi) is 23.5. The molecular weight excluding hydrogens is 1640 g/mol. The molecule has 0 spiro atoms. The Bertz CT molecular complexity index is 5920. The number of hydrogen-bond acceptors (Lipinski definition) is 7. The van der Waals surface area contributed by atoms with Gasteiger partial charge in [0.1, 0.15) is 0 Å². The molecule has 0 radical (unpaired) electrons. The zero-order valence-electron chi connectivity index (χ0n) is 84.2. The molecule has 712 valence electrons. The summed E-state index contributed by atoms with van der Waals surface area (Å²) in [5.74, 6) is 15.9. The molecule has 0 bridgehead atoms. The fraction of sp³-hybridized carbons (Fsp3) is 0.619. The van der Waals surface area contributed by atoms with Gasteiger partial charge in [0, 0.05) is 37.6 Å². The summed E-state index contributed by atoms with van der Waals surface area (Å²) in [6.07, 6.45) is 60.8. The van der Waals surface area contributed by atoms with Gasteiger partial charge in [0.05, 0.1) is 37.7 Å². The molecule has 15 fully saturated rings. The zero-order valence-corrected chi connectivity index (χ0v) is 84.2. The lowest BCUT2D eigenvalue weighted by Crippen LogP contribution is -2.56. The number of hydrogen-bond donors (Lipinski definition) is 0. The average Bonchev–Trinajstić information content (AvgIpc) is 1.67. The van der Waals surface area contributed by atoms with E-state index in [9.17, 15) is 0 Å². The van der Waals surface area contributed by atoms with E-state index in [0.29, 0.717) is 55.4 Å². The molecule has 0 unspecified atom stereocenters. The largest absolute Gasteiger partial charge is 0.379 e. The molecular formula is C126H162N8O. The first-order valence-electron chi connectivity index (χ1n) is 55.6. The maximum absolute atomic E-state index is 5.66. The van der Waals surface area contributed by atoms with E-state index < -0.39 is 0 Å². The summed E-state index contributed by atoms with van der Waals surface area (Å²) >= 11 is 0. The van der Waals surface area contributed by atoms with Crippen molar-refractivity contribution in [3.63, 3.8) is 0 Å². The number of rotatable bonds is 8. The van der Waals surface area contributed by atoms with Crippen LogP contribution in [-0.2, 0) is 4.74 Å². The van der Waals surface area contributed by atoms with Crippen LogP contribution in [0.5, 0.6) is 0 Å². The van der Waals surface area contributed by atoms with Gasteiger partial charge in [0.15, 0.2) is 0 Å². The molecule has 30 atom stereocenters. The van der Waals surface area contributed by atoms with E-state index in [0.717, 1.165) is 145 Å². The predicted octanol–water partition coefficient (Wildman–Crippen LogP) is 31.0. The third-order valence-corrected chi connectivity index (χ3v) is 46.1. The first kappa shape index (κ1) is 90.0. The van der Waals surface area contributed by atoms with E-state index in [4.69, 9.17) is 4.74 Å². The molecule has 17 aliphatic rings. The zero-order chi connectivity index (χ0) is 91.5. The number of morpholine rings is 1. The molecule has 10 aromatic rings. The fourth-order valence-electron chi connectivity index (χ4n) is 38.7. The Hall–Kier alpha value is -7.56. The number of fused-ring (bicyclic) bond motifs is 24. The number of ether oxygens (including phenoxy) is 1. The van der Waals surface area contributed by atoms with Crippen molar-refractivity contribution in [2.45, 2.75) is 316 Å². The van der Waals surface area contributed by atoms with Crippen LogP contribution in [0.3, 0.4) is 0 Å². The van der Waals surface area contributed by atoms with Gasteiger partial charge in [-0.05, 0) is 459 Å². The van der Waals surface area contributed by atoms with Crippen LogP contribution in [0.1, 0.15) is 326 Å². The van der Waals surface area contributed by atoms with Crippen molar-refractivity contribution in [2.75, 3.05) is 40.4 Å². The Balaban J connectivity index is 0.0000000987. The van der Waals surface area contributed by atoms with Crippen molar-refractivity contribution < 1.29 is 4.74 Å². The van der Waals surface area contributed by atoms with Crippen LogP contribution >= 0.6 is 0 Å². The van der Waals surface area contributed by atoms with Crippen molar-refractivity contribution in [1.82, 2.24) is 39.8 Å². The lowest BCUT2D eigenvalue weighted by atomic mass is 9.44. The third kappa shape index (κ3) is 15.2. The Morgan fingerprint density at radius 1 is 0.326 bits per heavy atom. The molecule has 0 amide bonds. The number of allylic oxidation sites excluding steroid dienone is 3. The second-order valence-electron chi connectivity index (χ2n) is 51.0. The third-order valence-electron chi connectivity index (χ3n) is 46.1. The molecule has 16 aliphatic carbocycles. The maximum atomic E-state index is 5.66. The van der Waals surface area contributed by atoms with Crippen molar-refractivity contribution in [1.29, 1.82) is 0 Å². The Labute approximate surface area is 810 Å². The first-order chi connectivity index (χ1) is 65.6. The van der Waals surface area contributed by atoms with Gasteiger partial charge in [-0.25, -0.2) is 9.36 Å². The molecule has 9 nitrogen and oxygen atoms in total. The molecule has 2 aromatic heterocycles. The molecule has 1 saturated heterocycles. The fourth-order valence-corrected chi connectivity index (χ4v) is 38.7. The summed E-state index contributed by atoms with van der Waals surface area (Å²) in [5.41, 5.74) is 13.7. The van der Waals surface area contributed by atoms with Gasteiger partial charge in [-0.3, -0.25) is 4.90 Å². The lowest BCUT2D eigenvalue weighted by molar-refractivity contribution is -0.121. The maximum Gasteiger partial charge on any atom is 0.0693 e. The van der Waals surface area contributed by atoms with Crippen LogP contribution in [0, 0.1) is 132 Å². The normalized spacial score (nSPS) is 41.5. The summed E-state index contributed by atoms with van der Waals surface area (Å²) in [5, 5.41) is 28.0. The quantitative estimate of drug-likeness (QED) is 0.140. The van der Waals surface area contributed by atoms with E-state index in [1.165, 1.54) is 267 Å². The highest BCUT2D eigenvalue weighted by Crippen LogP contribution is 2.75. The summed E-state index contributed by atoms with van der Waals surface area (Å²) < 4.78 is 9.94. The summed E-state index contributed by atoms with van der Waals surface area (Å²) in [4.78, 5) is 5.24. The molecule has 1 aliphatic heterocycles. The van der Waals surface area contributed by atoms with Crippen LogP contribution in [-0.4, -0.2) is 92.3 Å². The molecule has 14 saturated carbocycles. The second kappa shape index (κ2) is 35.3. The molecule has 3 heterocycles. The standard InChI is InChI=1S/C33H45NO.C31H39N3.C31H37N3.C31H41N/c1-32-15-13-27(34-17-19-35-20-18-34)22-26(32)9-10-28-30-12-11-29(33(30,2)16-14-31(28)32)25-8-7-23-5-3-4-6-24(23)21-25;2*1-30-15-13-25(34-18-17-32-33-34)20-24(30)9-10-26-28-12-11-27(31(28,2)16-14-29(26)30)23-8-7-21-5-3-4-6-22(21)19-23;1-30-17-15-25(32(3)4)20-24(30)11-12-26-28-14-13-27(31(28,2)18-16-29(26)30)23-10-9-21-7-5-6-8-22(21)19-23/h3-8,21,26-31H,9-20,22H2,1-2H3;3-8,17-19,24-29H,9-16,20H2,1-2H3;3-8,11,17-19,24-26,28-29H,9-10,12-16,20H2,1-2H3;5-11,19,25-29H,12-18,20H2,1-4H3/t26-,27-,28-,29+,30-,31-,32-,33+;24-,25-,26-,27+,28-,29-,30-,31+;24-,25-,26-,28-,29-,30-,31+;25-,26-,27+,28-,29-,30-,31+/m0000/s1. The van der Waals surface area contributed by atoms with E-state index in [1.807, 2.05) is 18.0 Å². The molecule has 0 N–H and O–H groups in total. The molecule has 27 rings (SSSR count). The highest BCUT2D eigenvalue weighted by atomic mass is 16.5. The molecule has 9 heteroatoms. The van der Waals surface area contributed by atoms with E-state index >= 15 is 0 Å². The van der Waals surface area contributed by atoms with Gasteiger partial charge in [-0.2, -0.15) is 0 Å². The van der Waals surface area contributed by atoms with E-state index in [2.05, 4.69) is 304 Å². The van der Waals surface area contributed by atoms with E-state index in [-0.39, 0.29) is 0 Å². The van der Waals surface area contributed by atoms with Crippen LogP contribution in [0.4, 0.5) is 0 Å². The van der Waals surface area contributed by atoms with Crippen molar-refractivity contribution in [2.24, 2.45) is 132 Å². The number of benzene rings is 8. The van der Waals surface area contributed by atoms with Gasteiger partial charge in [0.2, 0.25) is 0 Å². The van der Waals surface area contributed by atoms with Crippen molar-refractivity contribution in [3.05, 3.63) is 235 Å². The highest BCUT2D eigenvalue weighted by molar-refractivity contribution is 5.88. The average molecular weight is 1800 g/mol. The number of aromatic nitrogens is 6. The minimum atomic E-state index is 0.338. The summed E-state index contributed by atoms with van der Waals surface area (Å²) in [6.45, 7) is 25.6. The number of nitrogens with zero attached hydrogens (tertiary/aromatic N) is 8. The van der Waals surface area contributed by atoms with Crippen LogP contribution in [0.15, 0.2) is 212 Å². The summed E-state index contributed by atoms with van der Waals surface area (Å²) in [6, 6.07) is 67.4. The van der Waals surface area contributed by atoms with Gasteiger partial charge < -0.3 is 9.64 Å². The van der Waals surface area contributed by atoms with Crippen molar-refractivity contribution in [3.8, 4) is 0 Å². The van der Waals surface area contributed by atoms with Crippen LogP contribution in [0.25, 0.3) is 48.7 Å². The summed E-state index contributed by atoms with van der Waals surface area (Å²) in [7, 11) is 4.55. The predicted molar refractivity (Wildman–Crippen MR) is 556 cm³/mol. The van der Waals surface area contributed by atoms with E-state index in [1.54, 1.807) is 22.3 Å². The SMILES string of the molecule is CN(C)[C@H]1CC[C@@]2(C)C(=CC[C@H]3[C@@H]4CC[C@H](c5ccc6ccccc6c5)[C@@]4(C)CC[C@@H]32)C1.C[C@]12CC[C@H](N3CCOCC3)C[C@@H]1CC[C@@H]1[C@@H]2CC[C@]2(C)[C@@H](c3ccc4ccccc4c3)CC[C@@H]12.C[C@]12CC[C@H](n3ccnn3)C[C@@H]1CC[C@@H]1[C@@H]2CC[C@]2(C)C(c3ccc4ccccc4c3)=CC[C@@H]12.C[C@]12CC[C@H](n3ccnn3)C[C@@H]1CC[C@@H]1[C@@H]2CC[C@]2(C)[C@@H](c3ccc4ccccc4c3)CC[C@@H]12. The molecule has 135 heavy (non-hydrogen) atoms. The lowest BCUT2D eigenvalue weighted by Gasteiger charge is -2.61.